The summed E-state index contributed by atoms with van der Waals surface area (Å²) in [7, 11) is 3.21. The molecule has 0 aliphatic carbocycles. The van der Waals surface area contributed by atoms with Crippen LogP contribution in [0.25, 0.3) is 6.08 Å². The van der Waals surface area contributed by atoms with E-state index in [9.17, 15) is 9.59 Å². The molecule has 2 aliphatic rings. The summed E-state index contributed by atoms with van der Waals surface area (Å²) in [6.45, 7) is 0.379. The van der Waals surface area contributed by atoms with Gasteiger partial charge in [-0.2, -0.15) is 0 Å². The molecule has 0 saturated heterocycles. The molecule has 0 amide bonds. The van der Waals surface area contributed by atoms with Crippen molar-refractivity contribution in [2.75, 3.05) is 20.8 Å². The van der Waals surface area contributed by atoms with Gasteiger partial charge in [-0.1, -0.05) is 30.3 Å². The van der Waals surface area contributed by atoms with Crippen molar-refractivity contribution in [3.05, 3.63) is 113 Å². The van der Waals surface area contributed by atoms with Crippen LogP contribution in [0.2, 0.25) is 0 Å². The van der Waals surface area contributed by atoms with E-state index in [-0.39, 0.29) is 23.9 Å². The second-order valence-electron chi connectivity index (χ2n) is 9.64. The maximum Gasteiger partial charge on any atom is 0.312 e. The van der Waals surface area contributed by atoms with Crippen LogP contribution in [0.15, 0.2) is 84.9 Å². The van der Waals surface area contributed by atoms with Gasteiger partial charge in [0.1, 0.15) is 17.2 Å². The minimum absolute atomic E-state index is 0.0463. The van der Waals surface area contributed by atoms with Gasteiger partial charge in [-0.3, -0.25) is 14.6 Å². The largest absolute Gasteiger partial charge is 0.497 e. The average molecular weight is 550 g/mol. The maximum atomic E-state index is 13.3. The summed E-state index contributed by atoms with van der Waals surface area (Å²) in [5, 5.41) is 0. The summed E-state index contributed by atoms with van der Waals surface area (Å²) < 4.78 is 29.0. The number of hydrogen-bond acceptors (Lipinski definition) is 8. The number of rotatable bonds is 8. The number of allylic oxidation sites excluding steroid dienone is 1. The monoisotopic (exact) mass is 549 g/mol. The van der Waals surface area contributed by atoms with Crippen molar-refractivity contribution < 1.29 is 33.3 Å². The molecule has 2 aliphatic heterocycles. The Labute approximate surface area is 237 Å². The fourth-order valence-electron chi connectivity index (χ4n) is 5.17. The van der Waals surface area contributed by atoms with Gasteiger partial charge in [0.25, 0.3) is 0 Å². The highest BCUT2D eigenvalue weighted by Crippen LogP contribution is 2.51. The third-order valence-corrected chi connectivity index (χ3v) is 7.16. The van der Waals surface area contributed by atoms with Crippen molar-refractivity contribution in [1.82, 2.24) is 4.98 Å². The normalized spacial score (nSPS) is 16.4. The SMILES string of the molecule is COc1ccc(CCOc2c(OC)cccc2[C@H]2CC(=O)Oc3ccc4c(c32)O/C(=C\c2cccnc2)C4=O)cc1. The Morgan fingerprint density at radius 2 is 1.80 bits per heavy atom. The minimum atomic E-state index is -0.488. The second kappa shape index (κ2) is 11.2. The van der Waals surface area contributed by atoms with Crippen molar-refractivity contribution in [1.29, 1.82) is 0 Å². The fourth-order valence-corrected chi connectivity index (χ4v) is 5.17. The molecule has 6 rings (SSSR count). The van der Waals surface area contributed by atoms with E-state index in [1.54, 1.807) is 50.9 Å². The number of nitrogens with zero attached hydrogens (tertiary/aromatic N) is 1. The maximum absolute atomic E-state index is 13.3. The lowest BCUT2D eigenvalue weighted by Gasteiger charge is -2.28. The Balaban J connectivity index is 1.36. The van der Waals surface area contributed by atoms with Gasteiger partial charge >= 0.3 is 5.97 Å². The van der Waals surface area contributed by atoms with E-state index in [1.165, 1.54) is 0 Å². The number of carbonyl (C=O) groups excluding carboxylic acids is 2. The van der Waals surface area contributed by atoms with E-state index in [0.29, 0.717) is 47.2 Å². The van der Waals surface area contributed by atoms with Crippen molar-refractivity contribution in [3.8, 4) is 28.7 Å². The predicted octanol–water partition coefficient (Wildman–Crippen LogP) is 5.78. The van der Waals surface area contributed by atoms with Crippen LogP contribution < -0.4 is 23.7 Å². The number of para-hydroxylation sites is 1. The Morgan fingerprint density at radius 1 is 0.951 bits per heavy atom. The summed E-state index contributed by atoms with van der Waals surface area (Å²) in [6.07, 6.45) is 5.67. The zero-order valence-electron chi connectivity index (χ0n) is 22.6. The molecule has 0 bridgehead atoms. The zero-order valence-corrected chi connectivity index (χ0v) is 22.6. The minimum Gasteiger partial charge on any atom is -0.497 e. The summed E-state index contributed by atoms with van der Waals surface area (Å²) in [4.78, 5) is 30.2. The molecule has 1 atom stereocenters. The molecule has 4 aromatic rings. The number of benzene rings is 3. The van der Waals surface area contributed by atoms with Crippen LogP contribution in [0.1, 0.15) is 45.0 Å². The van der Waals surface area contributed by atoms with E-state index in [1.807, 2.05) is 48.5 Å². The molecular formula is C33H27NO7. The van der Waals surface area contributed by atoms with Gasteiger partial charge in [0.2, 0.25) is 5.78 Å². The quantitative estimate of drug-likeness (QED) is 0.155. The highest BCUT2D eigenvalue weighted by molar-refractivity contribution is 6.15. The van der Waals surface area contributed by atoms with Crippen molar-refractivity contribution in [2.24, 2.45) is 0 Å². The van der Waals surface area contributed by atoms with Crippen molar-refractivity contribution in [2.45, 2.75) is 18.8 Å². The molecule has 8 nitrogen and oxygen atoms in total. The molecule has 0 spiro atoms. The molecule has 8 heteroatoms. The molecule has 3 aromatic carbocycles. The number of fused-ring (bicyclic) bond motifs is 3. The molecule has 41 heavy (non-hydrogen) atoms. The lowest BCUT2D eigenvalue weighted by atomic mass is 9.84. The van der Waals surface area contributed by atoms with Crippen LogP contribution in [0, 0.1) is 0 Å². The van der Waals surface area contributed by atoms with E-state index >= 15 is 0 Å². The molecule has 0 radical (unpaired) electrons. The Kier molecular flexibility index (Phi) is 7.12. The first-order valence-electron chi connectivity index (χ1n) is 13.2. The smallest absolute Gasteiger partial charge is 0.312 e. The Morgan fingerprint density at radius 3 is 2.56 bits per heavy atom. The van der Waals surface area contributed by atoms with Gasteiger partial charge in [-0.05, 0) is 53.6 Å². The first kappa shape index (κ1) is 26.1. The van der Waals surface area contributed by atoms with Gasteiger partial charge < -0.3 is 23.7 Å². The molecule has 206 valence electrons. The second-order valence-corrected chi connectivity index (χ2v) is 9.64. The van der Waals surface area contributed by atoms with Crippen LogP contribution in [-0.2, 0) is 11.2 Å². The van der Waals surface area contributed by atoms with Crippen LogP contribution in [0.4, 0.5) is 0 Å². The highest BCUT2D eigenvalue weighted by Gasteiger charge is 2.39. The summed E-state index contributed by atoms with van der Waals surface area (Å²) in [5.74, 6) is 1.66. The van der Waals surface area contributed by atoms with Gasteiger partial charge in [0.05, 0.1) is 32.8 Å². The summed E-state index contributed by atoms with van der Waals surface area (Å²) in [5.41, 5.74) is 3.60. The van der Waals surface area contributed by atoms with Gasteiger partial charge in [-0.15, -0.1) is 0 Å². The Hall–Kier alpha value is -5.11. The highest BCUT2D eigenvalue weighted by atomic mass is 16.5. The molecule has 0 fully saturated rings. The van der Waals surface area contributed by atoms with Gasteiger partial charge in [0.15, 0.2) is 17.3 Å². The first-order chi connectivity index (χ1) is 20.1. The van der Waals surface area contributed by atoms with E-state index in [4.69, 9.17) is 23.7 Å². The number of pyridine rings is 1. The number of methoxy groups -OCH3 is 2. The van der Waals surface area contributed by atoms with Crippen LogP contribution in [0.3, 0.4) is 0 Å². The number of carbonyl (C=O) groups is 2. The van der Waals surface area contributed by atoms with Crippen molar-refractivity contribution >= 4 is 17.8 Å². The van der Waals surface area contributed by atoms with Gasteiger partial charge in [0, 0.05) is 35.9 Å². The zero-order chi connectivity index (χ0) is 28.3. The van der Waals surface area contributed by atoms with Crippen LogP contribution in [-0.4, -0.2) is 37.6 Å². The number of ether oxygens (including phenoxy) is 5. The van der Waals surface area contributed by atoms with Crippen LogP contribution >= 0.6 is 0 Å². The first-order valence-corrected chi connectivity index (χ1v) is 13.2. The number of Topliss-reactive ketones (excluding diaryl/α,β-unsaturated/α-hetero) is 1. The molecule has 0 unspecified atom stereocenters. The summed E-state index contributed by atoms with van der Waals surface area (Å²) >= 11 is 0. The lowest BCUT2D eigenvalue weighted by molar-refractivity contribution is -0.135. The molecule has 1 aromatic heterocycles. The molecule has 0 saturated carbocycles. The number of ketones is 1. The third kappa shape index (κ3) is 5.12. The fraction of sp³-hybridized carbons (Fsp3) is 0.182. The number of hydrogen-bond donors (Lipinski definition) is 0. The number of aromatic nitrogens is 1. The molecule has 3 heterocycles. The molecule has 0 N–H and O–H groups in total. The average Bonchev–Trinajstić information content (AvgIpc) is 3.32. The van der Waals surface area contributed by atoms with Gasteiger partial charge in [-0.25, -0.2) is 0 Å². The van der Waals surface area contributed by atoms with E-state index in [2.05, 4.69) is 4.98 Å². The Bertz CT molecular complexity index is 1640. The van der Waals surface area contributed by atoms with Crippen LogP contribution in [0.5, 0.6) is 28.7 Å². The third-order valence-electron chi connectivity index (χ3n) is 7.16. The van der Waals surface area contributed by atoms with E-state index in [0.717, 1.165) is 22.4 Å². The lowest BCUT2D eigenvalue weighted by Crippen LogP contribution is -2.22. The predicted molar refractivity (Wildman–Crippen MR) is 151 cm³/mol. The van der Waals surface area contributed by atoms with E-state index < -0.39 is 5.92 Å². The van der Waals surface area contributed by atoms with Crippen molar-refractivity contribution in [3.63, 3.8) is 0 Å². The topological polar surface area (TPSA) is 93.2 Å². The standard InChI is InChI=1S/C33H27NO7/c1-37-22-10-8-20(9-11-22)14-16-39-32-23(6-3-7-27(32)38-2)25-18-29(35)40-26-13-12-24-31(36)28(41-33(24)30(25)26)17-21-5-4-15-34-19-21/h3-13,15,17,19,25H,14,16,18H2,1-2H3/b28-17-/t25-/m1/s1. The molecular weight excluding hydrogens is 522 g/mol. The number of esters is 1. The summed E-state index contributed by atoms with van der Waals surface area (Å²) in [6, 6.07) is 20.3.